The number of hydrogen-bond donors (Lipinski definition) is 0. The second kappa shape index (κ2) is 4.88. The number of rotatable bonds is 4. The highest BCUT2D eigenvalue weighted by atomic mass is 35.5. The van der Waals surface area contributed by atoms with E-state index in [9.17, 15) is 0 Å². The summed E-state index contributed by atoms with van der Waals surface area (Å²) in [5.41, 5.74) is 1.38. The number of halogens is 1. The molecule has 1 rings (SSSR count). The van der Waals surface area contributed by atoms with Crippen LogP contribution in [0.2, 0.25) is 0 Å². The predicted molar refractivity (Wildman–Crippen MR) is 57.1 cm³/mol. The Labute approximate surface area is 83.6 Å². The lowest BCUT2D eigenvalue weighted by Crippen LogP contribution is -2.12. The van der Waals surface area contributed by atoms with Crippen molar-refractivity contribution in [3.05, 3.63) is 22.4 Å². The van der Waals surface area contributed by atoms with E-state index in [1.54, 1.807) is 11.3 Å². The summed E-state index contributed by atoms with van der Waals surface area (Å²) in [5, 5.41) is 4.58. The summed E-state index contributed by atoms with van der Waals surface area (Å²) in [6.45, 7) is 4.40. The molecule has 0 N–H and O–H groups in total. The Hall–Kier alpha value is -0.0100. The number of hydrogen-bond acceptors (Lipinski definition) is 1. The fourth-order valence-electron chi connectivity index (χ4n) is 1.09. The normalized spacial score (nSPS) is 15.9. The fraction of sp³-hybridized carbons (Fsp3) is 0.600. The van der Waals surface area contributed by atoms with Gasteiger partial charge < -0.3 is 0 Å². The molecule has 0 nitrogen and oxygen atoms in total. The van der Waals surface area contributed by atoms with Gasteiger partial charge in [-0.25, -0.2) is 0 Å². The van der Waals surface area contributed by atoms with E-state index in [1.165, 1.54) is 5.56 Å². The molecule has 0 aliphatic carbocycles. The largest absolute Gasteiger partial charge is 0.152 e. The second-order valence-corrected chi connectivity index (χ2v) is 4.58. The lowest BCUT2D eigenvalue weighted by atomic mass is 10.00. The van der Waals surface area contributed by atoms with E-state index in [0.717, 1.165) is 12.8 Å². The van der Waals surface area contributed by atoms with E-state index in [4.69, 9.17) is 11.6 Å². The minimum atomic E-state index is 0.296. The molecule has 1 aromatic rings. The van der Waals surface area contributed by atoms with Crippen LogP contribution in [0.5, 0.6) is 0 Å². The molecule has 0 spiro atoms. The van der Waals surface area contributed by atoms with Gasteiger partial charge in [0.2, 0.25) is 0 Å². The van der Waals surface area contributed by atoms with Gasteiger partial charge in [0.05, 0.1) is 0 Å². The smallest absolute Gasteiger partial charge is 0.0402 e. The SMILES string of the molecule is CCC(C)C(Cl)Cc1ccsc1. The zero-order chi connectivity index (χ0) is 8.97. The molecule has 1 aromatic heterocycles. The van der Waals surface area contributed by atoms with Crippen LogP contribution in [0, 0.1) is 5.92 Å². The van der Waals surface area contributed by atoms with E-state index < -0.39 is 0 Å². The molecule has 0 saturated carbocycles. The van der Waals surface area contributed by atoms with Gasteiger partial charge >= 0.3 is 0 Å². The first-order valence-electron chi connectivity index (χ1n) is 4.39. The molecule has 1 heterocycles. The van der Waals surface area contributed by atoms with Gasteiger partial charge in [0, 0.05) is 5.38 Å². The molecule has 0 radical (unpaired) electrons. The van der Waals surface area contributed by atoms with Gasteiger partial charge in [-0.1, -0.05) is 20.3 Å². The van der Waals surface area contributed by atoms with Crippen LogP contribution in [0.1, 0.15) is 25.8 Å². The monoisotopic (exact) mass is 202 g/mol. The summed E-state index contributed by atoms with van der Waals surface area (Å²) in [7, 11) is 0. The Morgan fingerprint density at radius 2 is 2.33 bits per heavy atom. The summed E-state index contributed by atoms with van der Waals surface area (Å²) >= 11 is 7.97. The van der Waals surface area contributed by atoms with Crippen molar-refractivity contribution >= 4 is 22.9 Å². The fourth-order valence-corrected chi connectivity index (χ4v) is 2.13. The molecular weight excluding hydrogens is 188 g/mol. The number of alkyl halides is 1. The molecule has 0 aliphatic rings. The predicted octanol–water partition coefficient (Wildman–Crippen LogP) is 3.94. The van der Waals surface area contributed by atoms with Crippen LogP contribution in [-0.2, 0) is 6.42 Å². The first-order valence-corrected chi connectivity index (χ1v) is 5.77. The third-order valence-corrected chi connectivity index (χ3v) is 3.59. The van der Waals surface area contributed by atoms with Crippen molar-refractivity contribution < 1.29 is 0 Å². The van der Waals surface area contributed by atoms with Gasteiger partial charge in [-0.15, -0.1) is 11.6 Å². The zero-order valence-corrected chi connectivity index (χ0v) is 9.16. The van der Waals surface area contributed by atoms with Gasteiger partial charge in [-0.3, -0.25) is 0 Å². The Bertz CT molecular complexity index is 206. The van der Waals surface area contributed by atoms with Crippen molar-refractivity contribution in [1.82, 2.24) is 0 Å². The highest BCUT2D eigenvalue weighted by Crippen LogP contribution is 2.19. The average molecular weight is 203 g/mol. The molecule has 0 saturated heterocycles. The average Bonchev–Trinajstić information content (AvgIpc) is 2.55. The van der Waals surface area contributed by atoms with Crippen molar-refractivity contribution in [3.63, 3.8) is 0 Å². The van der Waals surface area contributed by atoms with Crippen molar-refractivity contribution in [2.45, 2.75) is 32.1 Å². The van der Waals surface area contributed by atoms with E-state index >= 15 is 0 Å². The maximum Gasteiger partial charge on any atom is 0.0402 e. The Kier molecular flexibility index (Phi) is 4.10. The molecule has 0 aromatic carbocycles. The highest BCUT2D eigenvalue weighted by molar-refractivity contribution is 7.07. The van der Waals surface area contributed by atoms with E-state index in [-0.39, 0.29) is 0 Å². The maximum absolute atomic E-state index is 6.23. The van der Waals surface area contributed by atoms with Gasteiger partial charge in [0.25, 0.3) is 0 Å². The second-order valence-electron chi connectivity index (χ2n) is 3.24. The molecule has 2 atom stereocenters. The van der Waals surface area contributed by atoms with Crippen molar-refractivity contribution in [1.29, 1.82) is 0 Å². The van der Waals surface area contributed by atoms with Gasteiger partial charge in [0.1, 0.15) is 0 Å². The van der Waals surface area contributed by atoms with Gasteiger partial charge in [0.15, 0.2) is 0 Å². The van der Waals surface area contributed by atoms with Crippen LogP contribution in [0.25, 0.3) is 0 Å². The first kappa shape index (κ1) is 10.1. The molecule has 0 amide bonds. The summed E-state index contributed by atoms with van der Waals surface area (Å²) in [6, 6.07) is 2.16. The Morgan fingerprint density at radius 3 is 2.83 bits per heavy atom. The summed E-state index contributed by atoms with van der Waals surface area (Å²) < 4.78 is 0. The molecular formula is C10H15ClS. The molecule has 0 aliphatic heterocycles. The quantitative estimate of drug-likeness (QED) is 0.649. The van der Waals surface area contributed by atoms with Crippen molar-refractivity contribution in [3.8, 4) is 0 Å². The van der Waals surface area contributed by atoms with Crippen LogP contribution in [0.15, 0.2) is 16.8 Å². The van der Waals surface area contributed by atoms with E-state index in [1.807, 2.05) is 0 Å². The van der Waals surface area contributed by atoms with Gasteiger partial charge in [-0.05, 0) is 34.7 Å². The molecule has 12 heavy (non-hydrogen) atoms. The standard InChI is InChI=1S/C10H15ClS/c1-3-8(2)10(11)6-9-4-5-12-7-9/h4-5,7-8,10H,3,6H2,1-2H3. The maximum atomic E-state index is 6.23. The summed E-state index contributed by atoms with van der Waals surface area (Å²) in [6.07, 6.45) is 2.18. The molecule has 2 heteroatoms. The first-order chi connectivity index (χ1) is 5.74. The molecule has 68 valence electrons. The van der Waals surface area contributed by atoms with Crippen LogP contribution in [0.4, 0.5) is 0 Å². The summed E-state index contributed by atoms with van der Waals surface area (Å²) in [5.74, 6) is 0.617. The lowest BCUT2D eigenvalue weighted by molar-refractivity contribution is 0.525. The van der Waals surface area contributed by atoms with Crippen LogP contribution >= 0.6 is 22.9 Å². The topological polar surface area (TPSA) is 0 Å². The third kappa shape index (κ3) is 2.80. The van der Waals surface area contributed by atoms with Crippen LogP contribution < -0.4 is 0 Å². The minimum Gasteiger partial charge on any atom is -0.152 e. The van der Waals surface area contributed by atoms with Crippen molar-refractivity contribution in [2.75, 3.05) is 0 Å². The Morgan fingerprint density at radius 1 is 1.58 bits per heavy atom. The lowest BCUT2D eigenvalue weighted by Gasteiger charge is -2.14. The molecule has 0 bridgehead atoms. The molecule has 0 fully saturated rings. The van der Waals surface area contributed by atoms with Crippen LogP contribution in [0.3, 0.4) is 0 Å². The van der Waals surface area contributed by atoms with Crippen LogP contribution in [-0.4, -0.2) is 5.38 Å². The third-order valence-electron chi connectivity index (χ3n) is 2.27. The van der Waals surface area contributed by atoms with Crippen molar-refractivity contribution in [2.24, 2.45) is 5.92 Å². The Balaban J connectivity index is 2.41. The van der Waals surface area contributed by atoms with E-state index in [2.05, 4.69) is 30.7 Å². The zero-order valence-electron chi connectivity index (χ0n) is 7.59. The highest BCUT2D eigenvalue weighted by Gasteiger charge is 2.12. The number of thiophene rings is 1. The molecule has 2 unspecified atom stereocenters. The minimum absolute atomic E-state index is 0.296. The van der Waals surface area contributed by atoms with E-state index in [0.29, 0.717) is 11.3 Å². The summed E-state index contributed by atoms with van der Waals surface area (Å²) in [4.78, 5) is 0. The van der Waals surface area contributed by atoms with Gasteiger partial charge in [-0.2, -0.15) is 11.3 Å².